The number of thiazole rings is 1. The minimum atomic E-state index is -3.06. The molecule has 1 saturated heterocycles. The SMILES string of the molecule is O=C(Nc1ncc(Cc2cccc(F)c2)s1)C(c1ccccc1)N1CCS(=O)(=O)CC1. The predicted molar refractivity (Wildman–Crippen MR) is 119 cm³/mol. The number of anilines is 1. The Hall–Kier alpha value is -2.62. The molecule has 31 heavy (non-hydrogen) atoms. The highest BCUT2D eigenvalue weighted by molar-refractivity contribution is 7.91. The second kappa shape index (κ2) is 9.25. The first-order chi connectivity index (χ1) is 14.9. The van der Waals surface area contributed by atoms with Gasteiger partial charge in [0.2, 0.25) is 5.91 Å². The lowest BCUT2D eigenvalue weighted by atomic mass is 10.0. The van der Waals surface area contributed by atoms with E-state index in [0.717, 1.165) is 16.0 Å². The zero-order chi connectivity index (χ0) is 21.8. The van der Waals surface area contributed by atoms with Gasteiger partial charge >= 0.3 is 0 Å². The molecule has 9 heteroatoms. The summed E-state index contributed by atoms with van der Waals surface area (Å²) in [7, 11) is -3.06. The summed E-state index contributed by atoms with van der Waals surface area (Å²) in [5, 5.41) is 3.34. The summed E-state index contributed by atoms with van der Waals surface area (Å²) < 4.78 is 37.1. The molecule has 0 spiro atoms. The average Bonchev–Trinajstić information content (AvgIpc) is 3.17. The van der Waals surface area contributed by atoms with Crippen molar-refractivity contribution < 1.29 is 17.6 Å². The van der Waals surface area contributed by atoms with Gasteiger partial charge in [-0.2, -0.15) is 0 Å². The van der Waals surface area contributed by atoms with Crippen molar-refractivity contribution >= 4 is 32.2 Å². The molecule has 1 unspecified atom stereocenters. The summed E-state index contributed by atoms with van der Waals surface area (Å²) in [6.07, 6.45) is 2.20. The minimum absolute atomic E-state index is 0.0403. The van der Waals surface area contributed by atoms with Gasteiger partial charge in [-0.05, 0) is 23.3 Å². The van der Waals surface area contributed by atoms with E-state index < -0.39 is 15.9 Å². The van der Waals surface area contributed by atoms with Crippen LogP contribution in [-0.2, 0) is 21.1 Å². The van der Waals surface area contributed by atoms with Crippen LogP contribution in [0.2, 0.25) is 0 Å². The standard InChI is InChI=1S/C22H22FN3O3S2/c23-18-8-4-5-16(13-18)14-19-15-24-22(30-19)25-21(27)20(17-6-2-1-3-7-17)26-9-11-31(28,29)12-10-26/h1-8,13,15,20H,9-12,14H2,(H,24,25,27). The summed E-state index contributed by atoms with van der Waals surface area (Å²) in [5.74, 6) is -0.459. The van der Waals surface area contributed by atoms with Crippen molar-refractivity contribution in [2.24, 2.45) is 0 Å². The molecule has 0 saturated carbocycles. The van der Waals surface area contributed by atoms with E-state index in [2.05, 4.69) is 10.3 Å². The molecule has 0 bridgehead atoms. The quantitative estimate of drug-likeness (QED) is 0.612. The molecule has 0 radical (unpaired) electrons. The molecule has 1 aliphatic heterocycles. The Morgan fingerprint density at radius 3 is 2.58 bits per heavy atom. The number of benzene rings is 2. The number of nitrogens with zero attached hydrogens (tertiary/aromatic N) is 2. The van der Waals surface area contributed by atoms with Gasteiger partial charge in [-0.1, -0.05) is 42.5 Å². The van der Waals surface area contributed by atoms with Crippen molar-refractivity contribution in [2.75, 3.05) is 29.9 Å². The first-order valence-electron chi connectivity index (χ1n) is 9.89. The third-order valence-corrected chi connectivity index (χ3v) is 7.68. The van der Waals surface area contributed by atoms with Crippen molar-refractivity contribution in [1.29, 1.82) is 0 Å². The van der Waals surface area contributed by atoms with E-state index in [1.165, 1.54) is 23.5 Å². The van der Waals surface area contributed by atoms with Crippen molar-refractivity contribution in [2.45, 2.75) is 12.5 Å². The van der Waals surface area contributed by atoms with Crippen molar-refractivity contribution in [3.8, 4) is 0 Å². The Bertz CT molecular complexity index is 1150. The Kier molecular flexibility index (Phi) is 6.45. The molecule has 1 atom stereocenters. The van der Waals surface area contributed by atoms with E-state index in [0.29, 0.717) is 24.6 Å². The van der Waals surface area contributed by atoms with Crippen LogP contribution in [0.3, 0.4) is 0 Å². The van der Waals surface area contributed by atoms with Crippen LogP contribution < -0.4 is 5.32 Å². The molecular formula is C22H22FN3O3S2. The van der Waals surface area contributed by atoms with Crippen LogP contribution in [0.25, 0.3) is 0 Å². The Morgan fingerprint density at radius 1 is 1.13 bits per heavy atom. The van der Waals surface area contributed by atoms with Crippen LogP contribution in [0, 0.1) is 5.82 Å². The van der Waals surface area contributed by atoms with Gasteiger partial charge in [-0.25, -0.2) is 17.8 Å². The lowest BCUT2D eigenvalue weighted by molar-refractivity contribution is -0.121. The molecule has 1 amide bonds. The van der Waals surface area contributed by atoms with Crippen molar-refractivity contribution in [1.82, 2.24) is 9.88 Å². The van der Waals surface area contributed by atoms with Gasteiger partial charge < -0.3 is 5.32 Å². The number of hydrogen-bond acceptors (Lipinski definition) is 6. The summed E-state index contributed by atoms with van der Waals surface area (Å²) >= 11 is 1.34. The Labute approximate surface area is 184 Å². The van der Waals surface area contributed by atoms with E-state index in [4.69, 9.17) is 0 Å². The molecule has 1 aromatic heterocycles. The maximum atomic E-state index is 13.4. The average molecular weight is 460 g/mol. The molecule has 1 fully saturated rings. The molecule has 1 N–H and O–H groups in total. The zero-order valence-corrected chi connectivity index (χ0v) is 18.3. The molecule has 3 aromatic rings. The lowest BCUT2D eigenvalue weighted by Gasteiger charge is -2.33. The largest absolute Gasteiger partial charge is 0.300 e. The fourth-order valence-corrected chi connectivity index (χ4v) is 5.70. The molecule has 2 heterocycles. The van der Waals surface area contributed by atoms with Crippen LogP contribution >= 0.6 is 11.3 Å². The van der Waals surface area contributed by atoms with Gasteiger partial charge in [-0.3, -0.25) is 9.69 Å². The summed E-state index contributed by atoms with van der Waals surface area (Å²) in [5.41, 5.74) is 1.63. The smallest absolute Gasteiger partial charge is 0.248 e. The first-order valence-corrected chi connectivity index (χ1v) is 12.5. The fraction of sp³-hybridized carbons (Fsp3) is 0.273. The number of nitrogens with one attached hydrogen (secondary N) is 1. The normalized spacial score (nSPS) is 17.2. The van der Waals surface area contributed by atoms with Crippen molar-refractivity contribution in [3.05, 3.63) is 82.6 Å². The van der Waals surface area contributed by atoms with Crippen LogP contribution in [0.15, 0.2) is 60.8 Å². The number of halogens is 1. The van der Waals surface area contributed by atoms with Crippen molar-refractivity contribution in [3.63, 3.8) is 0 Å². The van der Waals surface area contributed by atoms with Crippen LogP contribution in [-0.4, -0.2) is 48.8 Å². The number of sulfone groups is 1. The molecular weight excluding hydrogens is 437 g/mol. The second-order valence-electron chi connectivity index (χ2n) is 7.43. The van der Waals surface area contributed by atoms with E-state index in [1.54, 1.807) is 12.3 Å². The molecule has 4 rings (SSSR count). The molecule has 0 aliphatic carbocycles. The highest BCUT2D eigenvalue weighted by atomic mass is 32.2. The molecule has 6 nitrogen and oxygen atoms in total. The molecule has 162 valence electrons. The van der Waals surface area contributed by atoms with Crippen LogP contribution in [0.4, 0.5) is 9.52 Å². The topological polar surface area (TPSA) is 79.4 Å². The molecule has 2 aromatic carbocycles. The van der Waals surface area contributed by atoms with Crippen LogP contribution in [0.5, 0.6) is 0 Å². The van der Waals surface area contributed by atoms with Gasteiger partial charge in [0.15, 0.2) is 15.0 Å². The van der Waals surface area contributed by atoms with Gasteiger partial charge in [-0.15, -0.1) is 11.3 Å². The van der Waals surface area contributed by atoms with Gasteiger partial charge in [0.1, 0.15) is 11.9 Å². The zero-order valence-electron chi connectivity index (χ0n) is 16.7. The van der Waals surface area contributed by atoms with Gasteiger partial charge in [0.05, 0.1) is 11.5 Å². The van der Waals surface area contributed by atoms with Gasteiger partial charge in [0.25, 0.3) is 0 Å². The number of aromatic nitrogens is 1. The molecule has 1 aliphatic rings. The lowest BCUT2D eigenvalue weighted by Crippen LogP contribution is -2.46. The fourth-order valence-electron chi connectivity index (χ4n) is 3.62. The van der Waals surface area contributed by atoms with E-state index in [9.17, 15) is 17.6 Å². The monoisotopic (exact) mass is 459 g/mol. The summed E-state index contributed by atoms with van der Waals surface area (Å²) in [6.45, 7) is 0.607. The van der Waals surface area contributed by atoms with Gasteiger partial charge in [0, 0.05) is 30.6 Å². The highest BCUT2D eigenvalue weighted by Crippen LogP contribution is 2.27. The number of carbonyl (C=O) groups excluding carboxylic acids is 1. The predicted octanol–water partition coefficient (Wildman–Crippen LogP) is 3.28. The van der Waals surface area contributed by atoms with E-state index in [-0.39, 0.29) is 23.2 Å². The first kappa shape index (κ1) is 21.6. The summed E-state index contributed by atoms with van der Waals surface area (Å²) in [4.78, 5) is 20.3. The number of carbonyl (C=O) groups is 1. The minimum Gasteiger partial charge on any atom is -0.300 e. The summed E-state index contributed by atoms with van der Waals surface area (Å²) in [6, 6.07) is 15.1. The number of amides is 1. The van der Waals surface area contributed by atoms with E-state index >= 15 is 0 Å². The van der Waals surface area contributed by atoms with Crippen LogP contribution in [0.1, 0.15) is 22.0 Å². The third-order valence-electron chi connectivity index (χ3n) is 5.16. The second-order valence-corrected chi connectivity index (χ2v) is 10.8. The highest BCUT2D eigenvalue weighted by Gasteiger charge is 2.32. The third kappa shape index (κ3) is 5.55. The number of rotatable bonds is 6. The number of hydrogen-bond donors (Lipinski definition) is 1. The van der Waals surface area contributed by atoms with E-state index in [1.807, 2.05) is 41.3 Å². The maximum Gasteiger partial charge on any atom is 0.248 e. The Morgan fingerprint density at radius 2 is 1.87 bits per heavy atom. The Balaban J connectivity index is 1.49. The maximum absolute atomic E-state index is 13.4.